The molecule has 0 radical (unpaired) electrons. The van der Waals surface area contributed by atoms with Gasteiger partial charge in [0.05, 0.1) is 17.0 Å². The fraction of sp³-hybridized carbons (Fsp3) is 0.462. The number of benzene rings is 1. The fourth-order valence-electron chi connectivity index (χ4n) is 1.91. The molecule has 5 N–H and O–H groups in total. The number of anilines is 3. The van der Waals surface area contributed by atoms with E-state index >= 15 is 0 Å². The first-order valence-corrected chi connectivity index (χ1v) is 6.04. The van der Waals surface area contributed by atoms with Gasteiger partial charge in [-0.15, -0.1) is 0 Å². The molecule has 1 aromatic carbocycles. The van der Waals surface area contributed by atoms with Gasteiger partial charge in [0, 0.05) is 18.7 Å². The highest BCUT2D eigenvalue weighted by Crippen LogP contribution is 2.31. The van der Waals surface area contributed by atoms with Gasteiger partial charge in [-0.2, -0.15) is 0 Å². The lowest BCUT2D eigenvalue weighted by Crippen LogP contribution is -2.29. The number of nitrogen functional groups attached to an aromatic ring is 1. The normalized spacial score (nSPS) is 14.9. The van der Waals surface area contributed by atoms with Gasteiger partial charge >= 0.3 is 0 Å². The van der Waals surface area contributed by atoms with Crippen LogP contribution in [0.1, 0.15) is 25.8 Å². The molecule has 0 aliphatic carbocycles. The SMILES string of the molecule is CC(C)(O)CNc1cc2c(cc1N)CCC(=O)N2. The van der Waals surface area contributed by atoms with E-state index in [2.05, 4.69) is 10.6 Å². The second-order valence-corrected chi connectivity index (χ2v) is 5.31. The lowest BCUT2D eigenvalue weighted by molar-refractivity contribution is -0.116. The third kappa shape index (κ3) is 2.92. The predicted molar refractivity (Wildman–Crippen MR) is 72.6 cm³/mol. The summed E-state index contributed by atoms with van der Waals surface area (Å²) in [5.41, 5.74) is 8.37. The second-order valence-electron chi connectivity index (χ2n) is 5.31. The van der Waals surface area contributed by atoms with Gasteiger partial charge in [0.15, 0.2) is 0 Å². The van der Waals surface area contributed by atoms with Crippen molar-refractivity contribution in [2.24, 2.45) is 0 Å². The molecule has 1 aliphatic rings. The minimum atomic E-state index is -0.814. The second kappa shape index (κ2) is 4.49. The Labute approximate surface area is 106 Å². The van der Waals surface area contributed by atoms with Crippen molar-refractivity contribution in [1.29, 1.82) is 0 Å². The molecule has 2 rings (SSSR count). The van der Waals surface area contributed by atoms with Gasteiger partial charge in [0.25, 0.3) is 0 Å². The van der Waals surface area contributed by atoms with Crippen molar-refractivity contribution in [3.8, 4) is 0 Å². The van der Waals surface area contributed by atoms with Gasteiger partial charge in [0.1, 0.15) is 0 Å². The molecular formula is C13H19N3O2. The van der Waals surface area contributed by atoms with Crippen molar-refractivity contribution in [3.05, 3.63) is 17.7 Å². The average Bonchev–Trinajstić information content (AvgIpc) is 2.26. The summed E-state index contributed by atoms with van der Waals surface area (Å²) in [6.45, 7) is 3.83. The van der Waals surface area contributed by atoms with E-state index in [4.69, 9.17) is 5.73 Å². The zero-order valence-corrected chi connectivity index (χ0v) is 10.7. The molecule has 0 spiro atoms. The van der Waals surface area contributed by atoms with Crippen LogP contribution >= 0.6 is 0 Å². The van der Waals surface area contributed by atoms with Gasteiger partial charge in [-0.25, -0.2) is 0 Å². The van der Waals surface area contributed by atoms with E-state index in [0.29, 0.717) is 18.7 Å². The number of amides is 1. The van der Waals surface area contributed by atoms with Crippen molar-refractivity contribution in [1.82, 2.24) is 0 Å². The fourth-order valence-corrected chi connectivity index (χ4v) is 1.91. The summed E-state index contributed by atoms with van der Waals surface area (Å²) >= 11 is 0. The van der Waals surface area contributed by atoms with Gasteiger partial charge in [0.2, 0.25) is 5.91 Å². The van der Waals surface area contributed by atoms with Gasteiger partial charge in [-0.1, -0.05) is 0 Å². The number of hydrogen-bond donors (Lipinski definition) is 4. The molecule has 5 nitrogen and oxygen atoms in total. The van der Waals surface area contributed by atoms with Crippen LogP contribution in [-0.2, 0) is 11.2 Å². The van der Waals surface area contributed by atoms with E-state index < -0.39 is 5.60 Å². The van der Waals surface area contributed by atoms with Gasteiger partial charge in [-0.3, -0.25) is 4.79 Å². The van der Waals surface area contributed by atoms with E-state index in [0.717, 1.165) is 23.4 Å². The molecule has 0 fully saturated rings. The summed E-state index contributed by atoms with van der Waals surface area (Å²) in [5.74, 6) is 0.0284. The maximum Gasteiger partial charge on any atom is 0.224 e. The number of nitrogens with one attached hydrogen (secondary N) is 2. The van der Waals surface area contributed by atoms with E-state index in [1.54, 1.807) is 13.8 Å². The highest BCUT2D eigenvalue weighted by atomic mass is 16.3. The quantitative estimate of drug-likeness (QED) is 0.609. The van der Waals surface area contributed by atoms with Crippen LogP contribution in [0.25, 0.3) is 0 Å². The summed E-state index contributed by atoms with van der Waals surface area (Å²) in [6, 6.07) is 3.70. The molecule has 98 valence electrons. The van der Waals surface area contributed by atoms with Crippen LogP contribution in [0.5, 0.6) is 0 Å². The van der Waals surface area contributed by atoms with Crippen molar-refractivity contribution < 1.29 is 9.90 Å². The Balaban J connectivity index is 2.21. The molecule has 1 heterocycles. The Morgan fingerprint density at radius 1 is 1.44 bits per heavy atom. The number of nitrogens with two attached hydrogens (primary N) is 1. The lowest BCUT2D eigenvalue weighted by Gasteiger charge is -2.22. The third-order valence-electron chi connectivity index (χ3n) is 2.88. The molecule has 1 aliphatic heterocycles. The smallest absolute Gasteiger partial charge is 0.224 e. The van der Waals surface area contributed by atoms with Crippen LogP contribution in [0.15, 0.2) is 12.1 Å². The zero-order chi connectivity index (χ0) is 13.3. The van der Waals surface area contributed by atoms with Crippen molar-refractivity contribution >= 4 is 23.0 Å². The molecule has 0 saturated carbocycles. The highest BCUT2D eigenvalue weighted by molar-refractivity contribution is 5.95. The monoisotopic (exact) mass is 249 g/mol. The molecule has 1 amide bonds. The number of hydrogen-bond acceptors (Lipinski definition) is 4. The summed E-state index contributed by atoms with van der Waals surface area (Å²) in [5, 5.41) is 15.6. The Bertz CT molecular complexity index is 478. The average molecular weight is 249 g/mol. The van der Waals surface area contributed by atoms with Gasteiger partial charge < -0.3 is 21.5 Å². The van der Waals surface area contributed by atoms with E-state index in [9.17, 15) is 9.90 Å². The Morgan fingerprint density at radius 3 is 2.83 bits per heavy atom. The summed E-state index contributed by atoms with van der Waals surface area (Å²) in [7, 11) is 0. The van der Waals surface area contributed by atoms with Crippen LogP contribution < -0.4 is 16.4 Å². The Morgan fingerprint density at radius 2 is 2.17 bits per heavy atom. The van der Waals surface area contributed by atoms with Crippen LogP contribution in [0.4, 0.5) is 17.1 Å². The van der Waals surface area contributed by atoms with Crippen molar-refractivity contribution in [2.75, 3.05) is 22.9 Å². The maximum atomic E-state index is 11.3. The molecule has 0 unspecified atom stereocenters. The molecule has 1 aromatic rings. The number of rotatable bonds is 3. The van der Waals surface area contributed by atoms with Crippen molar-refractivity contribution in [2.45, 2.75) is 32.3 Å². The molecule has 0 aromatic heterocycles. The van der Waals surface area contributed by atoms with Crippen LogP contribution in [0.2, 0.25) is 0 Å². The minimum absolute atomic E-state index is 0.0284. The van der Waals surface area contributed by atoms with E-state index in [1.807, 2.05) is 12.1 Å². The van der Waals surface area contributed by atoms with E-state index in [1.165, 1.54) is 0 Å². The molecule has 5 heteroatoms. The molecular weight excluding hydrogens is 230 g/mol. The zero-order valence-electron chi connectivity index (χ0n) is 10.7. The maximum absolute atomic E-state index is 11.3. The number of carbonyl (C=O) groups excluding carboxylic acids is 1. The standard InChI is InChI=1S/C13H19N3O2/c1-13(2,18)7-15-11-6-10-8(5-9(11)14)3-4-12(17)16-10/h5-6,15,18H,3-4,7,14H2,1-2H3,(H,16,17). The largest absolute Gasteiger partial charge is 0.397 e. The first-order chi connectivity index (χ1) is 8.35. The Hall–Kier alpha value is -1.75. The number of fused-ring (bicyclic) bond motifs is 1. The first kappa shape index (κ1) is 12.7. The van der Waals surface area contributed by atoms with Crippen LogP contribution in [-0.4, -0.2) is 23.2 Å². The number of aliphatic hydroxyl groups is 1. The lowest BCUT2D eigenvalue weighted by atomic mass is 10.0. The highest BCUT2D eigenvalue weighted by Gasteiger charge is 2.18. The van der Waals surface area contributed by atoms with Crippen molar-refractivity contribution in [3.63, 3.8) is 0 Å². The topological polar surface area (TPSA) is 87.4 Å². The summed E-state index contributed by atoms with van der Waals surface area (Å²) < 4.78 is 0. The van der Waals surface area contributed by atoms with E-state index in [-0.39, 0.29) is 5.91 Å². The summed E-state index contributed by atoms with van der Waals surface area (Å²) in [4.78, 5) is 11.3. The molecule has 0 atom stereocenters. The third-order valence-corrected chi connectivity index (χ3v) is 2.88. The number of carbonyl (C=O) groups is 1. The molecule has 18 heavy (non-hydrogen) atoms. The van der Waals surface area contributed by atoms with Crippen LogP contribution in [0.3, 0.4) is 0 Å². The van der Waals surface area contributed by atoms with Gasteiger partial charge in [-0.05, 0) is 38.0 Å². The molecule has 0 bridgehead atoms. The Kier molecular flexibility index (Phi) is 3.17. The molecule has 0 saturated heterocycles. The predicted octanol–water partition coefficient (Wildman–Crippen LogP) is 1.34. The first-order valence-electron chi connectivity index (χ1n) is 6.04. The van der Waals surface area contributed by atoms with Crippen LogP contribution in [0, 0.1) is 0 Å². The number of aryl methyl sites for hydroxylation is 1. The minimum Gasteiger partial charge on any atom is -0.397 e. The summed E-state index contributed by atoms with van der Waals surface area (Å²) in [6.07, 6.45) is 1.22.